The third kappa shape index (κ3) is 5.99. The fourth-order valence-corrected chi connectivity index (χ4v) is 5.06. The summed E-state index contributed by atoms with van der Waals surface area (Å²) < 4.78 is 11.8. The van der Waals surface area contributed by atoms with Gasteiger partial charge in [0.05, 0.1) is 18.2 Å². The highest BCUT2D eigenvalue weighted by Gasteiger charge is 2.46. The van der Waals surface area contributed by atoms with Gasteiger partial charge in [0.1, 0.15) is 23.4 Å². The molecule has 2 aliphatic rings. The van der Waals surface area contributed by atoms with Crippen LogP contribution in [0.2, 0.25) is 0 Å². The van der Waals surface area contributed by atoms with Crippen LogP contribution in [0.3, 0.4) is 0 Å². The van der Waals surface area contributed by atoms with Crippen molar-refractivity contribution in [2.45, 2.75) is 58.1 Å². The molecule has 0 saturated carbocycles. The number of carbonyl (C=O) groups excluding carboxylic acids is 2. The summed E-state index contributed by atoms with van der Waals surface area (Å²) in [7, 11) is 3.95. The first-order valence-corrected chi connectivity index (χ1v) is 13.3. The Morgan fingerprint density at radius 3 is 2.70 bits per heavy atom. The summed E-state index contributed by atoms with van der Waals surface area (Å²) in [5.74, 6) is 0.0771. The first-order valence-electron chi connectivity index (χ1n) is 13.3. The Morgan fingerprint density at radius 1 is 1.14 bits per heavy atom. The number of hydrogen-bond acceptors (Lipinski definition) is 6. The Morgan fingerprint density at radius 2 is 1.95 bits per heavy atom. The van der Waals surface area contributed by atoms with Crippen LogP contribution >= 0.6 is 0 Å². The maximum absolute atomic E-state index is 13.4. The average Bonchev–Trinajstić information content (AvgIpc) is 3.37. The van der Waals surface area contributed by atoms with Crippen LogP contribution in [-0.2, 0) is 16.0 Å². The third-order valence-corrected chi connectivity index (χ3v) is 6.90. The second-order valence-corrected chi connectivity index (χ2v) is 10.2. The summed E-state index contributed by atoms with van der Waals surface area (Å²) in [5.41, 5.74) is 2.36. The standard InChI is InChI=1S/C30H38N2O5/c1-5-6-7-16-36-24-11-8-10-21(19-24)27-26(29(34)30(35)32(27)15-9-14-31(3)4)28(33)22-12-13-25-23(18-22)17-20(2)37-25/h8,10-13,18-20,27,33H,5-7,9,14-17H2,1-4H3/b28-26+/t20-,27-/m1/s1. The number of unbranched alkanes of at least 4 members (excludes halogenated alkanes) is 2. The average molecular weight is 507 g/mol. The molecule has 2 atom stereocenters. The van der Waals surface area contributed by atoms with Crippen molar-refractivity contribution < 1.29 is 24.2 Å². The Balaban J connectivity index is 1.72. The van der Waals surface area contributed by atoms with E-state index in [2.05, 4.69) is 6.92 Å². The van der Waals surface area contributed by atoms with Crippen molar-refractivity contribution in [1.29, 1.82) is 0 Å². The lowest BCUT2D eigenvalue weighted by Gasteiger charge is -2.26. The number of ether oxygens (including phenoxy) is 2. The van der Waals surface area contributed by atoms with Gasteiger partial charge in [-0.25, -0.2) is 0 Å². The number of aliphatic hydroxyl groups is 1. The van der Waals surface area contributed by atoms with Crippen LogP contribution in [0.5, 0.6) is 11.5 Å². The Kier molecular flexibility index (Phi) is 8.54. The van der Waals surface area contributed by atoms with E-state index in [1.807, 2.05) is 62.3 Å². The summed E-state index contributed by atoms with van der Waals surface area (Å²) in [5, 5.41) is 11.4. The number of benzene rings is 2. The zero-order chi connectivity index (χ0) is 26.5. The van der Waals surface area contributed by atoms with Gasteiger partial charge in [-0.2, -0.15) is 0 Å². The molecule has 0 spiro atoms. The monoisotopic (exact) mass is 506 g/mol. The summed E-state index contributed by atoms with van der Waals surface area (Å²) in [6.07, 6.45) is 4.67. The van der Waals surface area contributed by atoms with Crippen molar-refractivity contribution in [2.24, 2.45) is 0 Å². The molecule has 1 amide bonds. The fourth-order valence-electron chi connectivity index (χ4n) is 5.06. The number of hydrogen-bond donors (Lipinski definition) is 1. The molecule has 1 N–H and O–H groups in total. The molecule has 1 saturated heterocycles. The molecule has 2 aromatic rings. The van der Waals surface area contributed by atoms with Gasteiger partial charge >= 0.3 is 0 Å². The molecule has 4 rings (SSSR count). The maximum atomic E-state index is 13.4. The molecular weight excluding hydrogens is 468 g/mol. The van der Waals surface area contributed by atoms with Gasteiger partial charge in [-0.3, -0.25) is 9.59 Å². The van der Waals surface area contributed by atoms with Crippen molar-refractivity contribution in [1.82, 2.24) is 9.80 Å². The van der Waals surface area contributed by atoms with E-state index in [0.29, 0.717) is 30.9 Å². The number of likely N-dealkylation sites (tertiary alicyclic amines) is 1. The molecular formula is C30H38N2O5. The molecule has 198 valence electrons. The highest BCUT2D eigenvalue weighted by Crippen LogP contribution is 2.41. The lowest BCUT2D eigenvalue weighted by Crippen LogP contribution is -2.32. The van der Waals surface area contributed by atoms with E-state index in [1.165, 1.54) is 0 Å². The molecule has 0 bridgehead atoms. The molecule has 0 aromatic heterocycles. The van der Waals surface area contributed by atoms with Gasteiger partial charge in [-0.1, -0.05) is 31.9 Å². The minimum atomic E-state index is -0.690. The zero-order valence-corrected chi connectivity index (χ0v) is 22.3. The van der Waals surface area contributed by atoms with E-state index in [1.54, 1.807) is 11.0 Å². The van der Waals surface area contributed by atoms with Crippen LogP contribution in [0.25, 0.3) is 5.76 Å². The molecule has 0 aliphatic carbocycles. The number of carbonyl (C=O) groups is 2. The molecule has 1 fully saturated rings. The molecule has 37 heavy (non-hydrogen) atoms. The van der Waals surface area contributed by atoms with Crippen molar-refractivity contribution >= 4 is 17.4 Å². The fraction of sp³-hybridized carbons (Fsp3) is 0.467. The van der Waals surface area contributed by atoms with Crippen LogP contribution in [0.4, 0.5) is 0 Å². The Labute approximate surface area is 219 Å². The Bertz CT molecular complexity index is 1170. The third-order valence-electron chi connectivity index (χ3n) is 6.90. The minimum absolute atomic E-state index is 0.0646. The van der Waals surface area contributed by atoms with E-state index in [9.17, 15) is 14.7 Å². The summed E-state index contributed by atoms with van der Waals surface area (Å²) in [6, 6.07) is 12.3. The molecule has 2 aromatic carbocycles. The van der Waals surface area contributed by atoms with E-state index in [0.717, 1.165) is 49.1 Å². The van der Waals surface area contributed by atoms with Crippen molar-refractivity contribution in [3.05, 3.63) is 64.7 Å². The first-order chi connectivity index (χ1) is 17.8. The maximum Gasteiger partial charge on any atom is 0.295 e. The quantitative estimate of drug-likeness (QED) is 0.201. The van der Waals surface area contributed by atoms with Crippen molar-refractivity contribution in [3.8, 4) is 11.5 Å². The number of rotatable bonds is 11. The van der Waals surface area contributed by atoms with E-state index in [-0.39, 0.29) is 17.4 Å². The molecule has 2 heterocycles. The van der Waals surface area contributed by atoms with Gasteiger partial charge in [-0.15, -0.1) is 0 Å². The smallest absolute Gasteiger partial charge is 0.295 e. The van der Waals surface area contributed by atoms with Crippen molar-refractivity contribution in [3.63, 3.8) is 0 Å². The first kappa shape index (κ1) is 26.7. The van der Waals surface area contributed by atoms with Crippen LogP contribution in [0, 0.1) is 0 Å². The number of nitrogens with zero attached hydrogens (tertiary/aromatic N) is 2. The van der Waals surface area contributed by atoms with Gasteiger partial charge in [0.15, 0.2) is 0 Å². The van der Waals surface area contributed by atoms with Gasteiger partial charge in [0, 0.05) is 18.5 Å². The molecule has 2 aliphatic heterocycles. The predicted molar refractivity (Wildman–Crippen MR) is 144 cm³/mol. The molecule has 7 heteroatoms. The number of fused-ring (bicyclic) bond motifs is 1. The normalized spacial score (nSPS) is 20.4. The minimum Gasteiger partial charge on any atom is -0.507 e. The second-order valence-electron chi connectivity index (χ2n) is 10.2. The summed E-state index contributed by atoms with van der Waals surface area (Å²) in [4.78, 5) is 30.2. The van der Waals surface area contributed by atoms with Crippen LogP contribution in [0.15, 0.2) is 48.0 Å². The number of ketones is 1. The topological polar surface area (TPSA) is 79.3 Å². The van der Waals surface area contributed by atoms with Crippen molar-refractivity contribution in [2.75, 3.05) is 33.8 Å². The Hall–Kier alpha value is -3.32. The SMILES string of the molecule is CCCCCOc1cccc([C@@H]2/C(=C(\O)c3ccc4c(c3)C[C@@H](C)O4)C(=O)C(=O)N2CCCN(C)C)c1. The van der Waals surface area contributed by atoms with E-state index >= 15 is 0 Å². The van der Waals surface area contributed by atoms with Gasteiger partial charge in [0.2, 0.25) is 0 Å². The molecule has 0 radical (unpaired) electrons. The molecule has 0 unspecified atom stereocenters. The highest BCUT2D eigenvalue weighted by molar-refractivity contribution is 6.46. The second kappa shape index (κ2) is 11.8. The summed E-state index contributed by atoms with van der Waals surface area (Å²) in [6.45, 7) is 5.93. The van der Waals surface area contributed by atoms with Gasteiger partial charge < -0.3 is 24.4 Å². The van der Waals surface area contributed by atoms with Crippen LogP contribution in [0.1, 0.15) is 62.3 Å². The largest absolute Gasteiger partial charge is 0.507 e. The lowest BCUT2D eigenvalue weighted by atomic mass is 9.94. The van der Waals surface area contributed by atoms with Gasteiger partial charge in [-0.05, 0) is 81.9 Å². The number of aliphatic hydroxyl groups excluding tert-OH is 1. The zero-order valence-electron chi connectivity index (χ0n) is 22.3. The highest BCUT2D eigenvalue weighted by atomic mass is 16.5. The predicted octanol–water partition coefficient (Wildman–Crippen LogP) is 4.95. The number of amides is 1. The molecule has 7 nitrogen and oxygen atoms in total. The van der Waals surface area contributed by atoms with E-state index in [4.69, 9.17) is 9.47 Å². The number of Topliss-reactive ketones (excluding diaryl/α,β-unsaturated/α-hetero) is 1. The van der Waals surface area contributed by atoms with Crippen LogP contribution in [-0.4, -0.2) is 66.5 Å². The summed E-state index contributed by atoms with van der Waals surface area (Å²) >= 11 is 0. The van der Waals surface area contributed by atoms with Gasteiger partial charge in [0.25, 0.3) is 11.7 Å². The van der Waals surface area contributed by atoms with E-state index < -0.39 is 17.7 Å². The lowest BCUT2D eigenvalue weighted by molar-refractivity contribution is -0.139. The van der Waals surface area contributed by atoms with Crippen LogP contribution < -0.4 is 9.47 Å².